The van der Waals surface area contributed by atoms with Gasteiger partial charge in [-0.1, -0.05) is 141 Å². The van der Waals surface area contributed by atoms with Crippen LogP contribution in [0.4, 0.5) is 0 Å². The van der Waals surface area contributed by atoms with Gasteiger partial charge in [-0.05, 0) is 130 Å². The number of furan rings is 1. The van der Waals surface area contributed by atoms with Crippen LogP contribution < -0.4 is 0 Å². The second-order valence-corrected chi connectivity index (χ2v) is 16.6. The van der Waals surface area contributed by atoms with Crippen molar-refractivity contribution >= 4 is 75.7 Å². The van der Waals surface area contributed by atoms with E-state index in [2.05, 4.69) is 183 Å². The van der Waals surface area contributed by atoms with Crippen LogP contribution in [0.25, 0.3) is 109 Å². The van der Waals surface area contributed by atoms with Gasteiger partial charge in [0.2, 0.25) is 0 Å². The number of thiophene rings is 1. The lowest BCUT2D eigenvalue weighted by Crippen LogP contribution is -2.15. The molecule has 0 saturated heterocycles. The Labute approximate surface area is 322 Å². The molecule has 0 radical (unpaired) electrons. The molecule has 2 heteroatoms. The fraction of sp³-hybridized carbons (Fsp3) is 0.0566. The van der Waals surface area contributed by atoms with Crippen LogP contribution in [0.2, 0.25) is 0 Å². The Morgan fingerprint density at radius 1 is 0.436 bits per heavy atom. The van der Waals surface area contributed by atoms with Gasteiger partial charge >= 0.3 is 0 Å². The van der Waals surface area contributed by atoms with Crippen molar-refractivity contribution < 1.29 is 4.42 Å². The topological polar surface area (TPSA) is 13.1 Å². The molecule has 1 nitrogen and oxygen atoms in total. The summed E-state index contributed by atoms with van der Waals surface area (Å²) < 4.78 is 8.13. The predicted molar refractivity (Wildman–Crippen MR) is 235 cm³/mol. The normalized spacial score (nSPS) is 13.4. The van der Waals surface area contributed by atoms with Gasteiger partial charge in [0.05, 0.1) is 0 Å². The standard InChI is InChI=1S/C53H34OS/c1-53(2)44-17-9-7-15-41(44)51-45(53)30-43(50-42-16-8-10-18-46(42)54-52(50)51)33-22-19-31-20-23-34(28-36(31)27-33)48-37-11-3-5-13-39(37)49(40-14-6-4-12-38(40)48)35-24-21-32-25-26-55-47(32)29-35/h3-30H,1-2H3. The fourth-order valence-corrected chi connectivity index (χ4v) is 10.5. The van der Waals surface area contributed by atoms with Crippen molar-refractivity contribution in [1.82, 2.24) is 0 Å². The van der Waals surface area contributed by atoms with E-state index in [9.17, 15) is 0 Å². The van der Waals surface area contributed by atoms with Gasteiger partial charge in [0.25, 0.3) is 0 Å². The average molecular weight is 719 g/mol. The van der Waals surface area contributed by atoms with Gasteiger partial charge < -0.3 is 4.42 Å². The van der Waals surface area contributed by atoms with Crippen LogP contribution in [0.3, 0.4) is 0 Å². The zero-order valence-electron chi connectivity index (χ0n) is 30.5. The maximum absolute atomic E-state index is 6.81. The van der Waals surface area contributed by atoms with Crippen molar-refractivity contribution in [3.8, 4) is 44.5 Å². The Kier molecular flexibility index (Phi) is 6.34. The number of benzene rings is 9. The van der Waals surface area contributed by atoms with Gasteiger partial charge in [0.15, 0.2) is 0 Å². The number of rotatable bonds is 3. The van der Waals surface area contributed by atoms with Crippen LogP contribution in [0, 0.1) is 0 Å². The molecule has 0 amide bonds. The van der Waals surface area contributed by atoms with Crippen LogP contribution in [-0.4, -0.2) is 0 Å². The minimum atomic E-state index is -0.151. The van der Waals surface area contributed by atoms with Gasteiger partial charge in [-0.3, -0.25) is 0 Å². The van der Waals surface area contributed by atoms with Crippen LogP contribution in [0.5, 0.6) is 0 Å². The smallest absolute Gasteiger partial charge is 0.144 e. The summed E-state index contributed by atoms with van der Waals surface area (Å²) in [6.45, 7) is 4.70. The Hall–Kier alpha value is -6.48. The first kappa shape index (κ1) is 30.9. The highest BCUT2D eigenvalue weighted by atomic mass is 32.1. The van der Waals surface area contributed by atoms with E-state index in [4.69, 9.17) is 4.42 Å². The highest BCUT2D eigenvalue weighted by molar-refractivity contribution is 7.17. The van der Waals surface area contributed by atoms with Crippen molar-refractivity contribution in [2.75, 3.05) is 0 Å². The maximum Gasteiger partial charge on any atom is 0.144 e. The first-order chi connectivity index (χ1) is 27.0. The average Bonchev–Trinajstić information content (AvgIpc) is 3.92. The van der Waals surface area contributed by atoms with Crippen molar-refractivity contribution in [2.24, 2.45) is 0 Å². The lowest BCUT2D eigenvalue weighted by atomic mass is 9.81. The first-order valence-corrected chi connectivity index (χ1v) is 20.0. The van der Waals surface area contributed by atoms with Crippen molar-refractivity contribution in [3.05, 3.63) is 180 Å². The van der Waals surface area contributed by atoms with Gasteiger partial charge in [0, 0.05) is 26.5 Å². The van der Waals surface area contributed by atoms with Crippen LogP contribution >= 0.6 is 11.3 Å². The fourth-order valence-electron chi connectivity index (χ4n) is 9.71. The summed E-state index contributed by atoms with van der Waals surface area (Å²) in [5.41, 5.74) is 14.4. The van der Waals surface area contributed by atoms with Gasteiger partial charge in [-0.25, -0.2) is 0 Å². The molecule has 0 aliphatic heterocycles. The SMILES string of the molecule is CC1(C)c2ccccc2-c2c1cc(-c1ccc3ccc(-c4c5ccccc5c(-c5ccc6ccsc6c5)c5ccccc45)cc3c1)c1c2oc2ccccc21. The molecule has 0 N–H and O–H groups in total. The van der Waals surface area contributed by atoms with Gasteiger partial charge in [0.1, 0.15) is 11.2 Å². The second-order valence-electron chi connectivity index (χ2n) is 15.6. The number of para-hydroxylation sites is 1. The molecule has 0 bridgehead atoms. The molecule has 12 rings (SSSR count). The number of hydrogen-bond donors (Lipinski definition) is 0. The molecule has 2 aromatic heterocycles. The molecule has 1 aliphatic carbocycles. The molecule has 1 aliphatic rings. The predicted octanol–water partition coefficient (Wildman–Crippen LogP) is 15.6. The monoisotopic (exact) mass is 718 g/mol. The zero-order valence-corrected chi connectivity index (χ0v) is 31.3. The molecule has 0 spiro atoms. The molecule has 2 heterocycles. The highest BCUT2D eigenvalue weighted by Gasteiger charge is 2.38. The van der Waals surface area contributed by atoms with E-state index in [1.54, 1.807) is 11.3 Å². The van der Waals surface area contributed by atoms with Crippen LogP contribution in [0.1, 0.15) is 25.0 Å². The quantitative estimate of drug-likeness (QED) is 0.166. The summed E-state index contributed by atoms with van der Waals surface area (Å²) >= 11 is 1.81. The summed E-state index contributed by atoms with van der Waals surface area (Å²) in [6.07, 6.45) is 0. The number of hydrogen-bond acceptors (Lipinski definition) is 2. The summed E-state index contributed by atoms with van der Waals surface area (Å²) in [5, 5.41) is 13.4. The third kappa shape index (κ3) is 4.35. The molecule has 0 saturated carbocycles. The van der Waals surface area contributed by atoms with E-state index in [0.717, 1.165) is 16.6 Å². The Balaban J connectivity index is 1.10. The zero-order chi connectivity index (χ0) is 36.4. The maximum atomic E-state index is 6.81. The van der Waals surface area contributed by atoms with E-state index in [-0.39, 0.29) is 5.41 Å². The molecular formula is C53H34OS. The second kappa shape index (κ2) is 11.3. The van der Waals surface area contributed by atoms with E-state index in [1.165, 1.54) is 103 Å². The third-order valence-electron chi connectivity index (χ3n) is 12.3. The largest absolute Gasteiger partial charge is 0.455 e. The highest BCUT2D eigenvalue weighted by Crippen LogP contribution is 2.55. The Bertz CT molecular complexity index is 3350. The Morgan fingerprint density at radius 3 is 1.75 bits per heavy atom. The molecule has 0 unspecified atom stereocenters. The number of fused-ring (bicyclic) bond motifs is 11. The third-order valence-corrected chi connectivity index (χ3v) is 13.2. The molecule has 9 aromatic carbocycles. The minimum Gasteiger partial charge on any atom is -0.455 e. The molecule has 11 aromatic rings. The van der Waals surface area contributed by atoms with Crippen molar-refractivity contribution in [2.45, 2.75) is 19.3 Å². The molecular weight excluding hydrogens is 685 g/mol. The van der Waals surface area contributed by atoms with Crippen molar-refractivity contribution in [1.29, 1.82) is 0 Å². The molecule has 258 valence electrons. The Morgan fingerprint density at radius 2 is 1.02 bits per heavy atom. The van der Waals surface area contributed by atoms with Crippen LogP contribution in [-0.2, 0) is 5.41 Å². The summed E-state index contributed by atoms with van der Waals surface area (Å²) in [4.78, 5) is 0. The molecule has 55 heavy (non-hydrogen) atoms. The van der Waals surface area contributed by atoms with Gasteiger partial charge in [-0.15, -0.1) is 11.3 Å². The van der Waals surface area contributed by atoms with E-state index < -0.39 is 0 Å². The summed E-state index contributed by atoms with van der Waals surface area (Å²) in [6, 6.07) is 60.8. The first-order valence-electron chi connectivity index (χ1n) is 19.1. The summed E-state index contributed by atoms with van der Waals surface area (Å²) in [5.74, 6) is 0. The minimum absolute atomic E-state index is 0.151. The molecule has 0 fully saturated rings. The molecule has 0 atom stereocenters. The van der Waals surface area contributed by atoms with Crippen LogP contribution in [0.15, 0.2) is 174 Å². The lowest BCUT2D eigenvalue weighted by molar-refractivity contribution is 0.653. The summed E-state index contributed by atoms with van der Waals surface area (Å²) in [7, 11) is 0. The van der Waals surface area contributed by atoms with Gasteiger partial charge in [-0.2, -0.15) is 0 Å². The lowest BCUT2D eigenvalue weighted by Gasteiger charge is -2.22. The van der Waals surface area contributed by atoms with E-state index in [0.29, 0.717) is 0 Å². The van der Waals surface area contributed by atoms with E-state index >= 15 is 0 Å². The van der Waals surface area contributed by atoms with Crippen molar-refractivity contribution in [3.63, 3.8) is 0 Å². The van der Waals surface area contributed by atoms with E-state index in [1.807, 2.05) is 0 Å².